The van der Waals surface area contributed by atoms with Crippen molar-refractivity contribution in [1.29, 1.82) is 0 Å². The molecule has 1 rings (SSSR count). The molecule has 3 nitrogen and oxygen atoms in total. The third-order valence-corrected chi connectivity index (χ3v) is 3.38. The Hall–Kier alpha value is -0.410. The van der Waals surface area contributed by atoms with Crippen molar-refractivity contribution in [3.8, 4) is 0 Å². The maximum Gasteiger partial charge on any atom is 0.135 e. The molecular formula is C14H27NO2. The van der Waals surface area contributed by atoms with E-state index in [4.69, 9.17) is 4.74 Å². The lowest BCUT2D eigenvalue weighted by atomic mass is 9.98. The molecule has 17 heavy (non-hydrogen) atoms. The van der Waals surface area contributed by atoms with Crippen molar-refractivity contribution in [1.82, 2.24) is 5.32 Å². The number of ether oxygens (including phenoxy) is 1. The van der Waals surface area contributed by atoms with Crippen LogP contribution in [0.15, 0.2) is 0 Å². The van der Waals surface area contributed by atoms with Gasteiger partial charge in [-0.15, -0.1) is 0 Å². The SMILES string of the molecule is CCCC(C)CC(=O)CCOC1CCNCC1. The van der Waals surface area contributed by atoms with Crippen molar-refractivity contribution >= 4 is 5.78 Å². The monoisotopic (exact) mass is 241 g/mol. The summed E-state index contributed by atoms with van der Waals surface area (Å²) in [6, 6.07) is 0. The van der Waals surface area contributed by atoms with Gasteiger partial charge in [0.05, 0.1) is 12.7 Å². The molecule has 1 aliphatic heterocycles. The highest BCUT2D eigenvalue weighted by molar-refractivity contribution is 5.78. The summed E-state index contributed by atoms with van der Waals surface area (Å²) in [5.74, 6) is 0.895. The van der Waals surface area contributed by atoms with Crippen LogP contribution in [0.4, 0.5) is 0 Å². The molecular weight excluding hydrogens is 214 g/mol. The largest absolute Gasteiger partial charge is 0.378 e. The van der Waals surface area contributed by atoms with Gasteiger partial charge in [-0.05, 0) is 31.8 Å². The van der Waals surface area contributed by atoms with E-state index in [-0.39, 0.29) is 0 Å². The Morgan fingerprint density at radius 3 is 2.76 bits per heavy atom. The van der Waals surface area contributed by atoms with Crippen LogP contribution in [0, 0.1) is 5.92 Å². The maximum absolute atomic E-state index is 11.7. The van der Waals surface area contributed by atoms with Gasteiger partial charge in [-0.25, -0.2) is 0 Å². The molecule has 1 atom stereocenters. The first-order valence-electron chi connectivity index (χ1n) is 7.06. The lowest BCUT2D eigenvalue weighted by molar-refractivity contribution is -0.121. The van der Waals surface area contributed by atoms with Crippen LogP contribution in [0.2, 0.25) is 0 Å². The van der Waals surface area contributed by atoms with E-state index in [2.05, 4.69) is 19.2 Å². The van der Waals surface area contributed by atoms with Crippen LogP contribution in [0.3, 0.4) is 0 Å². The van der Waals surface area contributed by atoms with Gasteiger partial charge in [0.15, 0.2) is 0 Å². The molecule has 1 N–H and O–H groups in total. The fraction of sp³-hybridized carbons (Fsp3) is 0.929. The average molecular weight is 241 g/mol. The molecule has 0 aromatic heterocycles. The summed E-state index contributed by atoms with van der Waals surface area (Å²) in [6.07, 6.45) is 6.18. The van der Waals surface area contributed by atoms with Gasteiger partial charge in [-0.2, -0.15) is 0 Å². The molecule has 0 aromatic rings. The number of carbonyl (C=O) groups excluding carboxylic acids is 1. The van der Waals surface area contributed by atoms with E-state index in [9.17, 15) is 4.79 Å². The topological polar surface area (TPSA) is 38.3 Å². The Balaban J connectivity index is 2.03. The average Bonchev–Trinajstić information content (AvgIpc) is 2.30. The Bertz CT molecular complexity index is 212. The number of hydrogen-bond donors (Lipinski definition) is 1. The first kappa shape index (κ1) is 14.7. The zero-order chi connectivity index (χ0) is 12.5. The van der Waals surface area contributed by atoms with Crippen LogP contribution in [-0.2, 0) is 9.53 Å². The van der Waals surface area contributed by atoms with Crippen molar-refractivity contribution in [2.45, 2.75) is 58.5 Å². The van der Waals surface area contributed by atoms with Gasteiger partial charge in [-0.3, -0.25) is 4.79 Å². The van der Waals surface area contributed by atoms with Crippen LogP contribution >= 0.6 is 0 Å². The lowest BCUT2D eigenvalue weighted by Gasteiger charge is -2.22. The van der Waals surface area contributed by atoms with Crippen LogP contribution in [0.5, 0.6) is 0 Å². The Morgan fingerprint density at radius 1 is 1.41 bits per heavy atom. The highest BCUT2D eigenvalue weighted by atomic mass is 16.5. The summed E-state index contributed by atoms with van der Waals surface area (Å²) in [5, 5.41) is 3.31. The Labute approximate surface area is 105 Å². The number of piperidine rings is 1. The molecule has 0 aromatic carbocycles. The smallest absolute Gasteiger partial charge is 0.135 e. The minimum atomic E-state index is 0.361. The van der Waals surface area contributed by atoms with Gasteiger partial charge >= 0.3 is 0 Å². The van der Waals surface area contributed by atoms with Crippen molar-refractivity contribution in [2.24, 2.45) is 5.92 Å². The van der Waals surface area contributed by atoms with Gasteiger partial charge in [0.25, 0.3) is 0 Å². The number of carbonyl (C=O) groups is 1. The molecule has 100 valence electrons. The number of Topliss-reactive ketones (excluding diaryl/α,β-unsaturated/α-hetero) is 1. The van der Waals surface area contributed by atoms with Gasteiger partial charge < -0.3 is 10.1 Å². The van der Waals surface area contributed by atoms with Crippen LogP contribution in [0.1, 0.15) is 52.4 Å². The highest BCUT2D eigenvalue weighted by Gasteiger charge is 2.14. The summed E-state index contributed by atoms with van der Waals surface area (Å²) in [4.78, 5) is 11.7. The second-order valence-corrected chi connectivity index (χ2v) is 5.21. The number of rotatable bonds is 8. The molecule has 0 spiro atoms. The van der Waals surface area contributed by atoms with Crippen molar-refractivity contribution in [2.75, 3.05) is 19.7 Å². The first-order chi connectivity index (χ1) is 8.22. The normalized spacial score (nSPS) is 19.2. The molecule has 1 fully saturated rings. The Kier molecular flexibility index (Phi) is 7.45. The second-order valence-electron chi connectivity index (χ2n) is 5.21. The van der Waals surface area contributed by atoms with Gasteiger partial charge in [-0.1, -0.05) is 26.7 Å². The third kappa shape index (κ3) is 6.79. The molecule has 0 amide bonds. The third-order valence-electron chi connectivity index (χ3n) is 3.38. The van der Waals surface area contributed by atoms with Crippen LogP contribution in [0.25, 0.3) is 0 Å². The molecule has 0 saturated carbocycles. The molecule has 1 aliphatic rings. The molecule has 0 aliphatic carbocycles. The molecule has 3 heteroatoms. The molecule has 1 unspecified atom stereocenters. The highest BCUT2D eigenvalue weighted by Crippen LogP contribution is 2.12. The number of nitrogens with one attached hydrogen (secondary N) is 1. The van der Waals surface area contributed by atoms with Gasteiger partial charge in [0, 0.05) is 12.8 Å². The molecule has 0 radical (unpaired) electrons. The van der Waals surface area contributed by atoms with Crippen LogP contribution < -0.4 is 5.32 Å². The fourth-order valence-corrected chi connectivity index (χ4v) is 2.39. The van der Waals surface area contributed by atoms with E-state index in [0.717, 1.165) is 38.8 Å². The summed E-state index contributed by atoms with van der Waals surface area (Å²) in [5.41, 5.74) is 0. The van der Waals surface area contributed by atoms with Crippen molar-refractivity contribution in [3.63, 3.8) is 0 Å². The van der Waals surface area contributed by atoms with Crippen molar-refractivity contribution in [3.05, 3.63) is 0 Å². The first-order valence-corrected chi connectivity index (χ1v) is 7.06. The molecule has 0 bridgehead atoms. The van der Waals surface area contributed by atoms with Gasteiger partial charge in [0.1, 0.15) is 5.78 Å². The molecule has 1 saturated heterocycles. The lowest BCUT2D eigenvalue weighted by Crippen LogP contribution is -2.32. The summed E-state index contributed by atoms with van der Waals surface area (Å²) < 4.78 is 5.73. The van der Waals surface area contributed by atoms with Gasteiger partial charge in [0.2, 0.25) is 0 Å². The minimum absolute atomic E-state index is 0.361. The fourth-order valence-electron chi connectivity index (χ4n) is 2.39. The van der Waals surface area contributed by atoms with E-state index in [0.29, 0.717) is 30.8 Å². The summed E-state index contributed by atoms with van der Waals surface area (Å²) >= 11 is 0. The maximum atomic E-state index is 11.7. The summed E-state index contributed by atoms with van der Waals surface area (Å²) in [7, 11) is 0. The predicted octanol–water partition coefficient (Wildman–Crippen LogP) is 2.54. The quantitative estimate of drug-likeness (QED) is 0.709. The van der Waals surface area contributed by atoms with Crippen LogP contribution in [-0.4, -0.2) is 31.6 Å². The summed E-state index contributed by atoms with van der Waals surface area (Å²) in [6.45, 7) is 7.04. The van der Waals surface area contributed by atoms with E-state index in [1.807, 2.05) is 0 Å². The van der Waals surface area contributed by atoms with E-state index in [1.165, 1.54) is 6.42 Å². The van der Waals surface area contributed by atoms with Crippen molar-refractivity contribution < 1.29 is 9.53 Å². The second kappa shape index (κ2) is 8.65. The van der Waals surface area contributed by atoms with E-state index in [1.54, 1.807) is 0 Å². The minimum Gasteiger partial charge on any atom is -0.378 e. The van der Waals surface area contributed by atoms with E-state index < -0.39 is 0 Å². The zero-order valence-corrected chi connectivity index (χ0v) is 11.3. The van der Waals surface area contributed by atoms with E-state index >= 15 is 0 Å². The Morgan fingerprint density at radius 2 is 2.12 bits per heavy atom. The number of ketones is 1. The number of hydrogen-bond acceptors (Lipinski definition) is 3. The molecule has 1 heterocycles. The zero-order valence-electron chi connectivity index (χ0n) is 11.3. The predicted molar refractivity (Wildman–Crippen MR) is 70.2 cm³/mol. The standard InChI is InChI=1S/C14H27NO2/c1-3-4-12(2)11-13(16)7-10-17-14-5-8-15-9-6-14/h12,14-15H,3-11H2,1-2H3.